The molecule has 0 aliphatic carbocycles. The Labute approximate surface area is 78.1 Å². The number of ether oxygens (including phenoxy) is 1. The first-order chi connectivity index (χ1) is 5.97. The molecule has 0 spiro atoms. The van der Waals surface area contributed by atoms with Crippen LogP contribution >= 0.6 is 0 Å². The summed E-state index contributed by atoms with van der Waals surface area (Å²) in [6, 6.07) is 0. The van der Waals surface area contributed by atoms with Gasteiger partial charge in [0.1, 0.15) is 0 Å². The Balaban J connectivity index is 2.68. The van der Waals surface area contributed by atoms with Crippen LogP contribution in [0.3, 0.4) is 0 Å². The van der Waals surface area contributed by atoms with Crippen LogP contribution < -0.4 is 4.72 Å². The van der Waals surface area contributed by atoms with E-state index in [1.807, 2.05) is 0 Å². The van der Waals surface area contributed by atoms with Crippen LogP contribution in [0.15, 0.2) is 0 Å². The average Bonchev–Trinajstić information content (AvgIpc) is 2.03. The molecule has 1 heterocycles. The van der Waals surface area contributed by atoms with Crippen molar-refractivity contribution in [1.82, 2.24) is 4.72 Å². The molecule has 1 aliphatic rings. The van der Waals surface area contributed by atoms with Gasteiger partial charge in [-0.3, -0.25) is 0 Å². The molecule has 78 valence electrons. The Morgan fingerprint density at radius 3 is 2.38 bits per heavy atom. The topological polar surface area (TPSA) is 75.6 Å². The molecule has 0 atom stereocenters. The van der Waals surface area contributed by atoms with Crippen molar-refractivity contribution in [2.24, 2.45) is 0 Å². The second-order valence-corrected chi connectivity index (χ2v) is 5.17. The largest absolute Gasteiger partial charge is 0.394 e. The van der Waals surface area contributed by atoms with Crippen LogP contribution in [0.5, 0.6) is 0 Å². The molecular weight excluding hydrogens is 194 g/mol. The lowest BCUT2D eigenvalue weighted by molar-refractivity contribution is 0.0223. The highest BCUT2D eigenvalue weighted by molar-refractivity contribution is 7.88. The number of rotatable bonds is 3. The lowest BCUT2D eigenvalue weighted by Crippen LogP contribution is -2.54. The fraction of sp³-hybridized carbons (Fsp3) is 1.00. The third-order valence-electron chi connectivity index (χ3n) is 2.15. The maximum absolute atomic E-state index is 11.0. The number of hydrogen-bond acceptors (Lipinski definition) is 4. The van der Waals surface area contributed by atoms with Crippen LogP contribution in [0.25, 0.3) is 0 Å². The summed E-state index contributed by atoms with van der Waals surface area (Å²) < 4.78 is 29.6. The molecule has 1 saturated heterocycles. The number of nitrogens with one attached hydrogen (secondary N) is 1. The van der Waals surface area contributed by atoms with Crippen molar-refractivity contribution in [2.75, 3.05) is 26.1 Å². The molecule has 0 aromatic carbocycles. The van der Waals surface area contributed by atoms with Crippen LogP contribution in [-0.2, 0) is 14.8 Å². The van der Waals surface area contributed by atoms with Crippen LogP contribution in [0.2, 0.25) is 0 Å². The van der Waals surface area contributed by atoms with Gasteiger partial charge in [0.05, 0.1) is 18.4 Å². The monoisotopic (exact) mass is 209 g/mol. The first-order valence-electron chi connectivity index (χ1n) is 4.15. The van der Waals surface area contributed by atoms with E-state index in [0.717, 1.165) is 6.26 Å². The van der Waals surface area contributed by atoms with E-state index in [1.165, 1.54) is 0 Å². The first-order valence-corrected chi connectivity index (χ1v) is 6.04. The number of hydrogen-bond donors (Lipinski definition) is 2. The molecule has 2 N–H and O–H groups in total. The SMILES string of the molecule is CS(=O)(=O)NC1(CO)CCOCC1. The van der Waals surface area contributed by atoms with E-state index in [0.29, 0.717) is 26.1 Å². The molecule has 0 amide bonds. The zero-order valence-corrected chi connectivity index (χ0v) is 8.43. The summed E-state index contributed by atoms with van der Waals surface area (Å²) >= 11 is 0. The van der Waals surface area contributed by atoms with Gasteiger partial charge >= 0.3 is 0 Å². The van der Waals surface area contributed by atoms with E-state index >= 15 is 0 Å². The van der Waals surface area contributed by atoms with Gasteiger partial charge in [0.2, 0.25) is 10.0 Å². The first kappa shape index (κ1) is 10.9. The van der Waals surface area contributed by atoms with Crippen LogP contribution in [0.1, 0.15) is 12.8 Å². The number of aliphatic hydroxyl groups excluding tert-OH is 1. The van der Waals surface area contributed by atoms with E-state index in [-0.39, 0.29) is 6.61 Å². The second-order valence-electron chi connectivity index (χ2n) is 3.43. The van der Waals surface area contributed by atoms with Gasteiger partial charge in [0.15, 0.2) is 0 Å². The molecule has 0 bridgehead atoms. The van der Waals surface area contributed by atoms with Crippen molar-refractivity contribution >= 4 is 10.0 Å². The normalized spacial score (nSPS) is 22.9. The molecule has 13 heavy (non-hydrogen) atoms. The number of sulfonamides is 1. The maximum atomic E-state index is 11.0. The van der Waals surface area contributed by atoms with Crippen molar-refractivity contribution in [3.8, 4) is 0 Å². The predicted molar refractivity (Wildman–Crippen MR) is 47.8 cm³/mol. The van der Waals surface area contributed by atoms with Gasteiger partial charge in [-0.2, -0.15) is 0 Å². The van der Waals surface area contributed by atoms with Gasteiger partial charge in [-0.25, -0.2) is 13.1 Å². The summed E-state index contributed by atoms with van der Waals surface area (Å²) in [4.78, 5) is 0. The Bertz CT molecular complexity index is 256. The Hall–Kier alpha value is -0.170. The summed E-state index contributed by atoms with van der Waals surface area (Å²) in [5.74, 6) is 0. The molecule has 0 radical (unpaired) electrons. The molecule has 1 aliphatic heterocycles. The Morgan fingerprint density at radius 2 is 2.00 bits per heavy atom. The highest BCUT2D eigenvalue weighted by Crippen LogP contribution is 2.20. The van der Waals surface area contributed by atoms with Gasteiger partial charge in [-0.15, -0.1) is 0 Å². The lowest BCUT2D eigenvalue weighted by Gasteiger charge is -2.35. The van der Waals surface area contributed by atoms with Crippen molar-refractivity contribution in [3.05, 3.63) is 0 Å². The summed E-state index contributed by atoms with van der Waals surface area (Å²) in [5.41, 5.74) is -0.703. The molecule has 6 heteroatoms. The molecule has 1 fully saturated rings. The smallest absolute Gasteiger partial charge is 0.209 e. The van der Waals surface area contributed by atoms with Crippen LogP contribution in [0.4, 0.5) is 0 Å². The second kappa shape index (κ2) is 3.91. The Morgan fingerprint density at radius 1 is 1.46 bits per heavy atom. The van der Waals surface area contributed by atoms with Gasteiger partial charge in [-0.1, -0.05) is 0 Å². The molecule has 0 saturated carbocycles. The molecular formula is C7H15NO4S. The van der Waals surface area contributed by atoms with E-state index in [4.69, 9.17) is 9.84 Å². The zero-order valence-electron chi connectivity index (χ0n) is 7.62. The summed E-state index contributed by atoms with van der Waals surface area (Å²) in [5, 5.41) is 9.12. The van der Waals surface area contributed by atoms with E-state index in [2.05, 4.69) is 4.72 Å². The highest BCUT2D eigenvalue weighted by Gasteiger charge is 2.34. The summed E-state index contributed by atoms with van der Waals surface area (Å²) in [6.07, 6.45) is 2.15. The van der Waals surface area contributed by atoms with Gasteiger partial charge in [-0.05, 0) is 12.8 Å². The van der Waals surface area contributed by atoms with Crippen molar-refractivity contribution in [2.45, 2.75) is 18.4 Å². The number of aliphatic hydroxyl groups is 1. The third kappa shape index (κ3) is 3.22. The van der Waals surface area contributed by atoms with Gasteiger partial charge in [0.25, 0.3) is 0 Å². The molecule has 0 aromatic heterocycles. The minimum Gasteiger partial charge on any atom is -0.394 e. The van der Waals surface area contributed by atoms with Crippen molar-refractivity contribution in [3.63, 3.8) is 0 Å². The van der Waals surface area contributed by atoms with Crippen molar-refractivity contribution in [1.29, 1.82) is 0 Å². The average molecular weight is 209 g/mol. The van der Waals surface area contributed by atoms with Gasteiger partial charge in [0, 0.05) is 13.2 Å². The minimum absolute atomic E-state index is 0.177. The lowest BCUT2D eigenvalue weighted by atomic mass is 9.93. The van der Waals surface area contributed by atoms with E-state index in [9.17, 15) is 8.42 Å². The third-order valence-corrected chi connectivity index (χ3v) is 2.96. The van der Waals surface area contributed by atoms with Crippen LogP contribution in [-0.4, -0.2) is 45.1 Å². The predicted octanol–water partition coefficient (Wildman–Crippen LogP) is -0.923. The standard InChI is InChI=1S/C7H15NO4S/c1-13(10,11)8-7(6-9)2-4-12-5-3-7/h8-9H,2-6H2,1H3. The molecule has 5 nitrogen and oxygen atoms in total. The summed E-state index contributed by atoms with van der Waals surface area (Å²) in [7, 11) is -3.26. The fourth-order valence-electron chi connectivity index (χ4n) is 1.45. The zero-order chi connectivity index (χ0) is 9.95. The molecule has 0 unspecified atom stereocenters. The van der Waals surface area contributed by atoms with E-state index in [1.54, 1.807) is 0 Å². The van der Waals surface area contributed by atoms with Crippen molar-refractivity contribution < 1.29 is 18.3 Å². The fourth-order valence-corrected chi connectivity index (χ4v) is 2.50. The van der Waals surface area contributed by atoms with E-state index < -0.39 is 15.6 Å². The molecule has 1 rings (SSSR count). The molecule has 0 aromatic rings. The van der Waals surface area contributed by atoms with Crippen LogP contribution in [0, 0.1) is 0 Å². The minimum atomic E-state index is -3.26. The Kier molecular flexibility index (Phi) is 3.28. The van der Waals surface area contributed by atoms with Gasteiger partial charge < -0.3 is 9.84 Å². The maximum Gasteiger partial charge on any atom is 0.209 e. The summed E-state index contributed by atoms with van der Waals surface area (Å²) in [6.45, 7) is 0.801. The highest BCUT2D eigenvalue weighted by atomic mass is 32.2. The quantitative estimate of drug-likeness (QED) is 0.630.